The van der Waals surface area contributed by atoms with Gasteiger partial charge in [0.1, 0.15) is 5.82 Å². The largest absolute Gasteiger partial charge is 0.349 e. The molecule has 1 amide bonds. The van der Waals surface area contributed by atoms with E-state index in [0.717, 1.165) is 30.7 Å². The minimum absolute atomic E-state index is 0.0319. The first kappa shape index (κ1) is 18.4. The van der Waals surface area contributed by atoms with Gasteiger partial charge >= 0.3 is 5.69 Å². The molecular formula is C19H27N5O2. The van der Waals surface area contributed by atoms with Gasteiger partial charge in [-0.1, -0.05) is 13.8 Å². The van der Waals surface area contributed by atoms with Crippen LogP contribution in [0.2, 0.25) is 0 Å². The van der Waals surface area contributed by atoms with Crippen LogP contribution in [0.5, 0.6) is 0 Å². The third-order valence-corrected chi connectivity index (χ3v) is 4.81. The molecule has 0 aromatic carbocycles. The second-order valence-electron chi connectivity index (χ2n) is 7.50. The van der Waals surface area contributed by atoms with Gasteiger partial charge < -0.3 is 5.32 Å². The fraction of sp³-hybridized carbons (Fsp3) is 0.579. The van der Waals surface area contributed by atoms with E-state index in [4.69, 9.17) is 0 Å². The summed E-state index contributed by atoms with van der Waals surface area (Å²) in [5, 5.41) is 7.58. The molecule has 7 nitrogen and oxygen atoms in total. The highest BCUT2D eigenvalue weighted by Crippen LogP contribution is 2.13. The Morgan fingerprint density at radius 3 is 2.88 bits per heavy atom. The van der Waals surface area contributed by atoms with Gasteiger partial charge in [0.2, 0.25) is 0 Å². The summed E-state index contributed by atoms with van der Waals surface area (Å²) < 4.78 is 3.35. The van der Waals surface area contributed by atoms with Crippen molar-refractivity contribution in [2.24, 2.45) is 5.92 Å². The Balaban J connectivity index is 1.63. The number of nitrogens with zero attached hydrogens (tertiary/aromatic N) is 4. The lowest BCUT2D eigenvalue weighted by Crippen LogP contribution is -2.36. The zero-order chi connectivity index (χ0) is 18.7. The molecule has 1 aliphatic rings. The van der Waals surface area contributed by atoms with Crippen LogP contribution in [0.3, 0.4) is 0 Å². The molecule has 0 bridgehead atoms. The molecule has 0 aliphatic carbocycles. The summed E-state index contributed by atoms with van der Waals surface area (Å²) in [7, 11) is 0. The molecule has 7 heteroatoms. The van der Waals surface area contributed by atoms with Gasteiger partial charge in [-0.25, -0.2) is 9.48 Å². The second kappa shape index (κ2) is 7.85. The van der Waals surface area contributed by atoms with E-state index >= 15 is 0 Å². The van der Waals surface area contributed by atoms with Crippen molar-refractivity contribution in [3.63, 3.8) is 0 Å². The number of aromatic nitrogens is 4. The molecule has 3 rings (SSSR count). The highest BCUT2D eigenvalue weighted by molar-refractivity contribution is 5.94. The average Bonchev–Trinajstić information content (AvgIpc) is 2.76. The molecule has 140 valence electrons. The minimum Gasteiger partial charge on any atom is -0.349 e. The van der Waals surface area contributed by atoms with Crippen molar-refractivity contribution in [2.45, 2.75) is 65.6 Å². The number of hydrogen-bond acceptors (Lipinski definition) is 4. The number of amides is 1. The number of carbonyl (C=O) groups excluding carboxylic acids is 1. The lowest BCUT2D eigenvalue weighted by Gasteiger charge is -2.16. The lowest BCUT2D eigenvalue weighted by atomic mass is 10.1. The summed E-state index contributed by atoms with van der Waals surface area (Å²) in [6.07, 6.45) is 6.46. The first-order valence-electron chi connectivity index (χ1n) is 9.33. The Labute approximate surface area is 153 Å². The van der Waals surface area contributed by atoms with Crippen LogP contribution in [0.1, 0.15) is 54.9 Å². The molecule has 1 unspecified atom stereocenters. The first-order chi connectivity index (χ1) is 12.4. The van der Waals surface area contributed by atoms with Crippen LogP contribution in [-0.4, -0.2) is 31.3 Å². The van der Waals surface area contributed by atoms with Crippen LogP contribution in [0.15, 0.2) is 23.3 Å². The van der Waals surface area contributed by atoms with E-state index in [1.807, 2.05) is 13.0 Å². The number of rotatable bonds is 5. The van der Waals surface area contributed by atoms with Crippen molar-refractivity contribution in [3.8, 4) is 0 Å². The van der Waals surface area contributed by atoms with Crippen molar-refractivity contribution in [2.75, 3.05) is 0 Å². The number of hydrogen-bond donors (Lipinski definition) is 1. The van der Waals surface area contributed by atoms with E-state index in [-0.39, 0.29) is 17.6 Å². The zero-order valence-electron chi connectivity index (χ0n) is 15.7. The fourth-order valence-corrected chi connectivity index (χ4v) is 3.25. The quantitative estimate of drug-likeness (QED) is 0.886. The summed E-state index contributed by atoms with van der Waals surface area (Å²) in [6, 6.07) is 1.87. The summed E-state index contributed by atoms with van der Waals surface area (Å²) in [6.45, 7) is 7.45. The maximum absolute atomic E-state index is 12.5. The molecule has 2 aromatic heterocycles. The van der Waals surface area contributed by atoms with E-state index in [2.05, 4.69) is 29.2 Å². The van der Waals surface area contributed by atoms with Crippen molar-refractivity contribution in [3.05, 3.63) is 45.9 Å². The smallest absolute Gasteiger partial charge is 0.345 e. The van der Waals surface area contributed by atoms with E-state index in [0.29, 0.717) is 31.0 Å². The number of aryl methyl sites for hydroxylation is 3. The fourth-order valence-electron chi connectivity index (χ4n) is 3.25. The molecule has 0 fully saturated rings. The van der Waals surface area contributed by atoms with Crippen molar-refractivity contribution in [1.82, 2.24) is 24.6 Å². The third kappa shape index (κ3) is 4.20. The number of pyridine rings is 1. The van der Waals surface area contributed by atoms with Crippen molar-refractivity contribution >= 4 is 5.91 Å². The van der Waals surface area contributed by atoms with Crippen LogP contribution < -0.4 is 11.0 Å². The molecule has 3 heterocycles. The predicted octanol–water partition coefficient (Wildman–Crippen LogP) is 1.93. The minimum atomic E-state index is -0.111. The Morgan fingerprint density at radius 1 is 1.35 bits per heavy atom. The van der Waals surface area contributed by atoms with Gasteiger partial charge in [-0.2, -0.15) is 5.10 Å². The molecule has 0 radical (unpaired) electrons. The Morgan fingerprint density at radius 2 is 2.15 bits per heavy atom. The lowest BCUT2D eigenvalue weighted by molar-refractivity contribution is 0.0932. The second-order valence-corrected chi connectivity index (χ2v) is 7.50. The number of fused-ring (bicyclic) bond motifs is 1. The van der Waals surface area contributed by atoms with Crippen LogP contribution in [0.4, 0.5) is 0 Å². The summed E-state index contributed by atoms with van der Waals surface area (Å²) in [4.78, 5) is 29.0. The zero-order valence-corrected chi connectivity index (χ0v) is 15.7. The molecule has 0 saturated carbocycles. The molecule has 26 heavy (non-hydrogen) atoms. The Bertz CT molecular complexity index is 837. The monoisotopic (exact) mass is 357 g/mol. The Hall–Kier alpha value is -2.44. The maximum Gasteiger partial charge on any atom is 0.345 e. The number of nitrogens with one attached hydrogen (secondary N) is 1. The van der Waals surface area contributed by atoms with E-state index < -0.39 is 0 Å². The van der Waals surface area contributed by atoms with Crippen LogP contribution >= 0.6 is 0 Å². The normalized spacial score (nSPS) is 17.0. The summed E-state index contributed by atoms with van der Waals surface area (Å²) >= 11 is 0. The predicted molar refractivity (Wildman–Crippen MR) is 99.1 cm³/mol. The van der Waals surface area contributed by atoms with E-state index in [9.17, 15) is 9.59 Å². The molecular weight excluding hydrogens is 330 g/mol. The molecule has 1 atom stereocenters. The molecule has 1 aliphatic heterocycles. The molecule has 0 spiro atoms. The van der Waals surface area contributed by atoms with Gasteiger partial charge in [-0.3, -0.25) is 14.3 Å². The highest BCUT2D eigenvalue weighted by Gasteiger charge is 2.22. The van der Waals surface area contributed by atoms with Gasteiger partial charge in [-0.05, 0) is 43.7 Å². The Kier molecular flexibility index (Phi) is 5.54. The van der Waals surface area contributed by atoms with Gasteiger partial charge in [0.05, 0.1) is 5.56 Å². The van der Waals surface area contributed by atoms with Gasteiger partial charge in [0.25, 0.3) is 5.91 Å². The van der Waals surface area contributed by atoms with Crippen molar-refractivity contribution in [1.29, 1.82) is 0 Å². The van der Waals surface area contributed by atoms with Gasteiger partial charge in [0.15, 0.2) is 0 Å². The summed E-state index contributed by atoms with van der Waals surface area (Å²) in [5.41, 5.74) is 1.50. The van der Waals surface area contributed by atoms with E-state index in [1.54, 1.807) is 21.6 Å². The number of carbonyl (C=O) groups is 1. The molecule has 1 N–H and O–H groups in total. The summed E-state index contributed by atoms with van der Waals surface area (Å²) in [5.74, 6) is 1.26. The van der Waals surface area contributed by atoms with Crippen LogP contribution in [-0.2, 0) is 19.5 Å². The van der Waals surface area contributed by atoms with Gasteiger partial charge in [-0.15, -0.1) is 0 Å². The van der Waals surface area contributed by atoms with Gasteiger partial charge in [0, 0.05) is 37.9 Å². The SMILES string of the molecule is Cc1cncc(C(=O)NC2CCc3nn(CCC(C)C)c(=O)n3CC2)c1. The first-order valence-corrected chi connectivity index (χ1v) is 9.33. The maximum atomic E-state index is 12.5. The third-order valence-electron chi connectivity index (χ3n) is 4.81. The van der Waals surface area contributed by atoms with E-state index in [1.165, 1.54) is 0 Å². The van der Waals surface area contributed by atoms with Crippen molar-refractivity contribution < 1.29 is 4.79 Å². The average molecular weight is 357 g/mol. The van der Waals surface area contributed by atoms with Crippen LogP contribution in [0, 0.1) is 12.8 Å². The highest BCUT2D eigenvalue weighted by atomic mass is 16.2. The standard InChI is InChI=1S/C19H27N5O2/c1-13(2)6-9-24-19(26)23-8-7-16(4-5-17(23)22-24)21-18(25)15-10-14(3)11-20-12-15/h10-13,16H,4-9H2,1-3H3,(H,21,25). The molecule has 0 saturated heterocycles. The molecule has 2 aromatic rings. The van der Waals surface area contributed by atoms with Crippen LogP contribution in [0.25, 0.3) is 0 Å². The topological polar surface area (TPSA) is 81.8 Å².